The fourth-order valence-electron chi connectivity index (χ4n) is 2.53. The molecule has 1 aromatic carbocycles. The van der Waals surface area contributed by atoms with E-state index in [4.69, 9.17) is 5.11 Å². The number of carbonyl (C=O) groups excluding carboxylic acids is 1. The van der Waals surface area contributed by atoms with Crippen LogP contribution in [0, 0.1) is 5.92 Å². The molecular formula is C15H21N3O3. The van der Waals surface area contributed by atoms with Crippen LogP contribution in [-0.2, 0) is 4.79 Å². The van der Waals surface area contributed by atoms with Crippen molar-refractivity contribution in [2.24, 2.45) is 5.92 Å². The molecule has 0 radical (unpaired) electrons. The number of hydrogen-bond donors (Lipinski definition) is 3. The third kappa shape index (κ3) is 4.11. The minimum atomic E-state index is -0.779. The van der Waals surface area contributed by atoms with Crippen molar-refractivity contribution in [3.8, 4) is 0 Å². The summed E-state index contributed by atoms with van der Waals surface area (Å²) in [5, 5.41) is 14.5. The largest absolute Gasteiger partial charge is 0.481 e. The molecule has 2 rings (SSSR count). The highest BCUT2D eigenvalue weighted by atomic mass is 16.4. The van der Waals surface area contributed by atoms with Gasteiger partial charge in [-0.05, 0) is 43.5 Å². The Morgan fingerprint density at radius 3 is 2.38 bits per heavy atom. The van der Waals surface area contributed by atoms with Gasteiger partial charge in [-0.1, -0.05) is 0 Å². The monoisotopic (exact) mass is 291 g/mol. The van der Waals surface area contributed by atoms with E-state index < -0.39 is 5.97 Å². The summed E-state index contributed by atoms with van der Waals surface area (Å²) in [6, 6.07) is 7.17. The highest BCUT2D eigenvalue weighted by Crippen LogP contribution is 2.25. The third-order valence-electron chi connectivity index (χ3n) is 3.76. The maximum absolute atomic E-state index is 11.9. The highest BCUT2D eigenvalue weighted by molar-refractivity contribution is 5.89. The Labute approximate surface area is 124 Å². The number of hydrogen-bond acceptors (Lipinski definition) is 3. The fraction of sp³-hybridized carbons (Fsp3) is 0.467. The third-order valence-corrected chi connectivity index (χ3v) is 3.76. The molecule has 3 N–H and O–H groups in total. The lowest BCUT2D eigenvalue weighted by Crippen LogP contribution is -2.36. The Kier molecular flexibility index (Phi) is 4.67. The summed E-state index contributed by atoms with van der Waals surface area (Å²) in [6.07, 6.45) is 1.84. The van der Waals surface area contributed by atoms with Crippen molar-refractivity contribution < 1.29 is 14.7 Å². The van der Waals surface area contributed by atoms with E-state index in [-0.39, 0.29) is 18.0 Å². The number of nitrogens with one attached hydrogen (secondary N) is 2. The van der Waals surface area contributed by atoms with Gasteiger partial charge in [0.25, 0.3) is 0 Å². The fourth-order valence-corrected chi connectivity index (χ4v) is 2.53. The van der Waals surface area contributed by atoms with Gasteiger partial charge in [0.2, 0.25) is 0 Å². The van der Waals surface area contributed by atoms with Crippen molar-refractivity contribution in [3.05, 3.63) is 24.3 Å². The SMILES string of the molecule is CN(C)c1ccc(NC(=O)NC2CCC(C(=O)O)C2)cc1. The second-order valence-electron chi connectivity index (χ2n) is 5.58. The topological polar surface area (TPSA) is 81.7 Å². The smallest absolute Gasteiger partial charge is 0.319 e. The number of amides is 2. The zero-order valence-electron chi connectivity index (χ0n) is 12.3. The summed E-state index contributed by atoms with van der Waals surface area (Å²) in [7, 11) is 3.90. The van der Waals surface area contributed by atoms with Crippen LogP contribution in [0.25, 0.3) is 0 Å². The van der Waals surface area contributed by atoms with Gasteiger partial charge in [-0.2, -0.15) is 0 Å². The van der Waals surface area contributed by atoms with E-state index in [1.54, 1.807) is 0 Å². The standard InChI is InChI=1S/C15H21N3O3/c1-18(2)13-7-5-11(6-8-13)16-15(21)17-12-4-3-10(9-12)14(19)20/h5-8,10,12H,3-4,9H2,1-2H3,(H,19,20)(H2,16,17,21). The molecule has 1 aromatic rings. The van der Waals surface area contributed by atoms with Gasteiger partial charge in [-0.3, -0.25) is 4.79 Å². The van der Waals surface area contributed by atoms with Crippen molar-refractivity contribution in [1.29, 1.82) is 0 Å². The first-order valence-electron chi connectivity index (χ1n) is 7.03. The van der Waals surface area contributed by atoms with Crippen LogP contribution in [0.3, 0.4) is 0 Å². The number of urea groups is 1. The molecule has 0 bridgehead atoms. The second kappa shape index (κ2) is 6.47. The molecule has 0 heterocycles. The second-order valence-corrected chi connectivity index (χ2v) is 5.58. The van der Waals surface area contributed by atoms with Crippen LogP contribution in [0.15, 0.2) is 24.3 Å². The Balaban J connectivity index is 1.83. The predicted molar refractivity (Wildman–Crippen MR) is 81.7 cm³/mol. The summed E-state index contributed by atoms with van der Waals surface area (Å²) in [5.74, 6) is -1.12. The predicted octanol–water partition coefficient (Wildman–Crippen LogP) is 2.13. The number of aliphatic carboxylic acids is 1. The lowest BCUT2D eigenvalue weighted by atomic mass is 10.1. The molecule has 2 unspecified atom stereocenters. The van der Waals surface area contributed by atoms with Crippen LogP contribution in [0.2, 0.25) is 0 Å². The zero-order valence-corrected chi connectivity index (χ0v) is 12.3. The number of nitrogens with zero attached hydrogens (tertiary/aromatic N) is 1. The number of rotatable bonds is 4. The normalized spacial score (nSPS) is 20.9. The summed E-state index contributed by atoms with van der Waals surface area (Å²) in [4.78, 5) is 24.7. The molecule has 6 heteroatoms. The number of carboxylic acid groups (broad SMARTS) is 1. The van der Waals surface area contributed by atoms with Crippen LogP contribution in [0.4, 0.5) is 16.2 Å². The average Bonchev–Trinajstić information content (AvgIpc) is 2.87. The van der Waals surface area contributed by atoms with Gasteiger partial charge >= 0.3 is 12.0 Å². The van der Waals surface area contributed by atoms with Crippen LogP contribution < -0.4 is 15.5 Å². The van der Waals surface area contributed by atoms with Gasteiger partial charge < -0.3 is 20.6 Å². The van der Waals surface area contributed by atoms with Gasteiger partial charge in [0.1, 0.15) is 0 Å². The van der Waals surface area contributed by atoms with E-state index in [9.17, 15) is 9.59 Å². The van der Waals surface area contributed by atoms with Gasteiger partial charge in [-0.25, -0.2) is 4.79 Å². The minimum Gasteiger partial charge on any atom is -0.481 e. The maximum Gasteiger partial charge on any atom is 0.319 e. The minimum absolute atomic E-state index is 0.0628. The van der Waals surface area contributed by atoms with Gasteiger partial charge in [0.05, 0.1) is 5.92 Å². The molecule has 6 nitrogen and oxygen atoms in total. The summed E-state index contributed by atoms with van der Waals surface area (Å²) in [5.41, 5.74) is 1.77. The average molecular weight is 291 g/mol. The van der Waals surface area contributed by atoms with Crippen molar-refractivity contribution >= 4 is 23.4 Å². The Morgan fingerprint density at radius 2 is 1.86 bits per heavy atom. The number of benzene rings is 1. The molecule has 2 amide bonds. The summed E-state index contributed by atoms with van der Waals surface area (Å²) >= 11 is 0. The quantitative estimate of drug-likeness (QED) is 0.793. The van der Waals surface area contributed by atoms with E-state index >= 15 is 0 Å². The van der Waals surface area contributed by atoms with Crippen LogP contribution in [-0.4, -0.2) is 37.2 Å². The molecule has 0 spiro atoms. The summed E-state index contributed by atoms with van der Waals surface area (Å²) in [6.45, 7) is 0. The number of carbonyl (C=O) groups is 2. The lowest BCUT2D eigenvalue weighted by molar-refractivity contribution is -0.141. The van der Waals surface area contributed by atoms with E-state index in [1.165, 1.54) is 0 Å². The molecule has 1 saturated carbocycles. The lowest BCUT2D eigenvalue weighted by Gasteiger charge is -2.15. The van der Waals surface area contributed by atoms with E-state index in [2.05, 4.69) is 10.6 Å². The van der Waals surface area contributed by atoms with Crippen LogP contribution in [0.1, 0.15) is 19.3 Å². The van der Waals surface area contributed by atoms with Crippen molar-refractivity contribution in [3.63, 3.8) is 0 Å². The molecule has 0 aromatic heterocycles. The maximum atomic E-state index is 11.9. The summed E-state index contributed by atoms with van der Waals surface area (Å²) < 4.78 is 0. The van der Waals surface area contributed by atoms with E-state index in [1.807, 2.05) is 43.3 Å². The molecule has 0 saturated heterocycles. The molecule has 1 fully saturated rings. The molecule has 2 atom stereocenters. The zero-order chi connectivity index (χ0) is 15.4. The molecule has 0 aliphatic heterocycles. The first-order valence-corrected chi connectivity index (χ1v) is 7.03. The Morgan fingerprint density at radius 1 is 1.19 bits per heavy atom. The van der Waals surface area contributed by atoms with Crippen molar-refractivity contribution in [2.45, 2.75) is 25.3 Å². The Bertz CT molecular complexity index is 513. The van der Waals surface area contributed by atoms with Crippen LogP contribution in [0.5, 0.6) is 0 Å². The first-order chi connectivity index (χ1) is 9.95. The number of anilines is 2. The molecule has 1 aliphatic rings. The van der Waals surface area contributed by atoms with Crippen LogP contribution >= 0.6 is 0 Å². The molecule has 1 aliphatic carbocycles. The first kappa shape index (κ1) is 15.2. The van der Waals surface area contributed by atoms with Crippen molar-refractivity contribution in [2.75, 3.05) is 24.3 Å². The molecule has 21 heavy (non-hydrogen) atoms. The highest BCUT2D eigenvalue weighted by Gasteiger charge is 2.30. The molecular weight excluding hydrogens is 270 g/mol. The van der Waals surface area contributed by atoms with Gasteiger partial charge in [-0.15, -0.1) is 0 Å². The van der Waals surface area contributed by atoms with Crippen molar-refractivity contribution in [1.82, 2.24) is 5.32 Å². The van der Waals surface area contributed by atoms with E-state index in [0.29, 0.717) is 24.9 Å². The van der Waals surface area contributed by atoms with E-state index in [0.717, 1.165) is 5.69 Å². The van der Waals surface area contributed by atoms with Gasteiger partial charge in [0.15, 0.2) is 0 Å². The number of carboxylic acids is 1. The Hall–Kier alpha value is -2.24. The molecule has 114 valence electrons. The van der Waals surface area contributed by atoms with Gasteiger partial charge in [0, 0.05) is 31.5 Å².